The lowest BCUT2D eigenvalue weighted by Gasteiger charge is -2.32. The minimum atomic E-state index is -0.0415. The van der Waals surface area contributed by atoms with Crippen molar-refractivity contribution in [2.24, 2.45) is 5.92 Å². The van der Waals surface area contributed by atoms with Crippen LogP contribution in [0, 0.1) is 12.8 Å². The minimum Gasteiger partial charge on any atom is -0.494 e. The highest BCUT2D eigenvalue weighted by atomic mass is 35.5. The lowest BCUT2D eigenvalue weighted by molar-refractivity contribution is 0.0811. The minimum absolute atomic E-state index is 0.00800. The van der Waals surface area contributed by atoms with E-state index < -0.39 is 0 Å². The molecule has 0 bridgehead atoms. The number of ketones is 1. The number of carbonyl (C=O) groups is 1. The standard InChI is InChI=1S/C23H28ClNO3/c1-3-28-22-9-6-17(12-19(22)15-26)13-25-10-4-5-18(14-25)23(27)21-8-7-20(24)11-16(21)2/h6-9,11-12,18,26H,3-5,10,13-15H2,1-2H3/t18-/m1/s1. The number of nitrogens with zero attached hydrogens (tertiary/aromatic N) is 1. The molecule has 3 rings (SSSR count). The van der Waals surface area contributed by atoms with Gasteiger partial charge in [-0.15, -0.1) is 0 Å². The fourth-order valence-corrected chi connectivity index (χ4v) is 4.17. The summed E-state index contributed by atoms with van der Waals surface area (Å²) in [7, 11) is 0. The summed E-state index contributed by atoms with van der Waals surface area (Å²) >= 11 is 6.03. The largest absolute Gasteiger partial charge is 0.494 e. The predicted octanol–water partition coefficient (Wildman–Crippen LogP) is 4.63. The molecule has 1 aliphatic heterocycles. The first-order valence-corrected chi connectivity index (χ1v) is 10.3. The molecule has 0 unspecified atom stereocenters. The molecule has 2 aromatic carbocycles. The topological polar surface area (TPSA) is 49.8 Å². The first-order chi connectivity index (χ1) is 13.5. The Balaban J connectivity index is 1.69. The highest BCUT2D eigenvalue weighted by Gasteiger charge is 2.27. The van der Waals surface area contributed by atoms with Gasteiger partial charge in [-0.1, -0.05) is 17.7 Å². The van der Waals surface area contributed by atoms with Gasteiger partial charge in [-0.05, 0) is 74.7 Å². The second-order valence-corrected chi connectivity index (χ2v) is 7.87. The number of rotatable bonds is 7. The van der Waals surface area contributed by atoms with E-state index in [0.29, 0.717) is 11.6 Å². The summed E-state index contributed by atoms with van der Waals surface area (Å²) in [6.07, 6.45) is 1.93. The van der Waals surface area contributed by atoms with Crippen molar-refractivity contribution in [3.05, 3.63) is 63.7 Å². The van der Waals surface area contributed by atoms with E-state index in [1.165, 1.54) is 0 Å². The van der Waals surface area contributed by atoms with Crippen molar-refractivity contribution >= 4 is 17.4 Å². The molecular formula is C23H28ClNO3. The SMILES string of the molecule is CCOc1ccc(CN2CCC[C@@H](C(=O)c3ccc(Cl)cc3C)C2)cc1CO. The van der Waals surface area contributed by atoms with E-state index in [1.807, 2.05) is 44.2 Å². The number of likely N-dealkylation sites (tertiary alicyclic amines) is 1. The van der Waals surface area contributed by atoms with Gasteiger partial charge in [0.05, 0.1) is 13.2 Å². The Kier molecular flexibility index (Phi) is 7.11. The average Bonchev–Trinajstić information content (AvgIpc) is 2.69. The number of aryl methyl sites for hydroxylation is 1. The number of piperidine rings is 1. The first kappa shape index (κ1) is 20.8. The number of aliphatic hydroxyl groups is 1. The Bertz CT molecular complexity index is 837. The van der Waals surface area contributed by atoms with Gasteiger partial charge in [0.15, 0.2) is 5.78 Å². The molecule has 0 aromatic heterocycles. The number of hydrogen-bond donors (Lipinski definition) is 1. The summed E-state index contributed by atoms with van der Waals surface area (Å²) < 4.78 is 5.56. The van der Waals surface area contributed by atoms with Gasteiger partial charge >= 0.3 is 0 Å². The molecule has 1 atom stereocenters. The van der Waals surface area contributed by atoms with E-state index in [2.05, 4.69) is 4.90 Å². The summed E-state index contributed by atoms with van der Waals surface area (Å²) in [6.45, 7) is 6.90. The van der Waals surface area contributed by atoms with Gasteiger partial charge in [-0.25, -0.2) is 0 Å². The molecule has 2 aromatic rings. The van der Waals surface area contributed by atoms with Crippen LogP contribution in [0.3, 0.4) is 0 Å². The van der Waals surface area contributed by atoms with Crippen molar-refractivity contribution in [3.8, 4) is 5.75 Å². The van der Waals surface area contributed by atoms with Crippen LogP contribution in [0.25, 0.3) is 0 Å². The van der Waals surface area contributed by atoms with E-state index >= 15 is 0 Å². The summed E-state index contributed by atoms with van der Waals surface area (Å²) in [5.74, 6) is 0.953. The number of Topliss-reactive ketones (excluding diaryl/α,β-unsaturated/α-hetero) is 1. The van der Waals surface area contributed by atoms with Crippen LogP contribution in [0.1, 0.15) is 46.8 Å². The maximum absolute atomic E-state index is 13.0. The molecule has 1 saturated heterocycles. The summed E-state index contributed by atoms with van der Waals surface area (Å²) in [6, 6.07) is 11.5. The van der Waals surface area contributed by atoms with Crippen molar-refractivity contribution in [1.29, 1.82) is 0 Å². The van der Waals surface area contributed by atoms with Gasteiger partial charge in [0.25, 0.3) is 0 Å². The molecule has 1 aliphatic rings. The molecule has 28 heavy (non-hydrogen) atoms. The number of carbonyl (C=O) groups excluding carboxylic acids is 1. The molecule has 0 radical (unpaired) electrons. The zero-order valence-corrected chi connectivity index (χ0v) is 17.3. The van der Waals surface area contributed by atoms with E-state index in [0.717, 1.165) is 60.5 Å². The number of ether oxygens (including phenoxy) is 1. The molecule has 5 heteroatoms. The Morgan fingerprint density at radius 2 is 2.11 bits per heavy atom. The highest BCUT2D eigenvalue weighted by Crippen LogP contribution is 2.26. The maximum atomic E-state index is 13.0. The van der Waals surface area contributed by atoms with Crippen molar-refractivity contribution in [2.75, 3.05) is 19.7 Å². The lowest BCUT2D eigenvalue weighted by Crippen LogP contribution is -2.38. The van der Waals surface area contributed by atoms with Crippen LogP contribution in [0.5, 0.6) is 5.75 Å². The summed E-state index contributed by atoms with van der Waals surface area (Å²) in [4.78, 5) is 15.4. The van der Waals surface area contributed by atoms with Crippen LogP contribution in [-0.2, 0) is 13.2 Å². The molecule has 1 N–H and O–H groups in total. The molecule has 4 nitrogen and oxygen atoms in total. The molecule has 0 spiro atoms. The van der Waals surface area contributed by atoms with Gasteiger partial charge in [0.1, 0.15) is 5.75 Å². The Hall–Kier alpha value is -1.88. The zero-order valence-electron chi connectivity index (χ0n) is 16.6. The fourth-order valence-electron chi connectivity index (χ4n) is 3.95. The Labute approximate surface area is 172 Å². The van der Waals surface area contributed by atoms with Gasteiger partial charge in [0, 0.05) is 35.2 Å². The van der Waals surface area contributed by atoms with Crippen LogP contribution >= 0.6 is 11.6 Å². The Morgan fingerprint density at radius 1 is 1.29 bits per heavy atom. The number of aliphatic hydroxyl groups excluding tert-OH is 1. The second kappa shape index (κ2) is 9.55. The number of halogens is 1. The van der Waals surface area contributed by atoms with Crippen LogP contribution < -0.4 is 4.74 Å². The maximum Gasteiger partial charge on any atom is 0.167 e. The van der Waals surface area contributed by atoms with Gasteiger partial charge < -0.3 is 9.84 Å². The van der Waals surface area contributed by atoms with Crippen molar-refractivity contribution < 1.29 is 14.6 Å². The Morgan fingerprint density at radius 3 is 2.82 bits per heavy atom. The third-order valence-electron chi connectivity index (χ3n) is 5.33. The smallest absolute Gasteiger partial charge is 0.167 e. The third-order valence-corrected chi connectivity index (χ3v) is 5.57. The fraction of sp³-hybridized carbons (Fsp3) is 0.435. The predicted molar refractivity (Wildman–Crippen MR) is 112 cm³/mol. The summed E-state index contributed by atoms with van der Waals surface area (Å²) in [5, 5.41) is 10.3. The molecular weight excluding hydrogens is 374 g/mol. The monoisotopic (exact) mass is 401 g/mol. The molecule has 1 fully saturated rings. The average molecular weight is 402 g/mol. The summed E-state index contributed by atoms with van der Waals surface area (Å²) in [5.41, 5.74) is 3.65. The lowest BCUT2D eigenvalue weighted by atomic mass is 9.88. The number of benzene rings is 2. The molecule has 0 amide bonds. The van der Waals surface area contributed by atoms with E-state index in [4.69, 9.17) is 16.3 Å². The van der Waals surface area contributed by atoms with Gasteiger partial charge in [-0.3, -0.25) is 9.69 Å². The second-order valence-electron chi connectivity index (χ2n) is 7.43. The highest BCUT2D eigenvalue weighted by molar-refractivity contribution is 6.30. The molecule has 0 saturated carbocycles. The van der Waals surface area contributed by atoms with Crippen LogP contribution in [0.4, 0.5) is 0 Å². The molecule has 1 heterocycles. The van der Waals surface area contributed by atoms with E-state index in [-0.39, 0.29) is 18.3 Å². The molecule has 0 aliphatic carbocycles. The van der Waals surface area contributed by atoms with Crippen molar-refractivity contribution in [2.45, 2.75) is 39.8 Å². The number of hydrogen-bond acceptors (Lipinski definition) is 4. The van der Waals surface area contributed by atoms with Crippen molar-refractivity contribution in [1.82, 2.24) is 4.90 Å². The van der Waals surface area contributed by atoms with Gasteiger partial charge in [-0.2, -0.15) is 0 Å². The quantitative estimate of drug-likeness (QED) is 0.687. The normalized spacial score (nSPS) is 17.5. The molecule has 150 valence electrons. The van der Waals surface area contributed by atoms with E-state index in [1.54, 1.807) is 6.07 Å². The van der Waals surface area contributed by atoms with Crippen LogP contribution in [-0.4, -0.2) is 35.5 Å². The van der Waals surface area contributed by atoms with Gasteiger partial charge in [0.2, 0.25) is 0 Å². The first-order valence-electron chi connectivity index (χ1n) is 9.90. The van der Waals surface area contributed by atoms with Crippen LogP contribution in [0.2, 0.25) is 5.02 Å². The van der Waals surface area contributed by atoms with Crippen molar-refractivity contribution in [3.63, 3.8) is 0 Å². The third kappa shape index (κ3) is 4.93. The van der Waals surface area contributed by atoms with E-state index in [9.17, 15) is 9.90 Å². The van der Waals surface area contributed by atoms with Crippen LogP contribution in [0.15, 0.2) is 36.4 Å². The zero-order chi connectivity index (χ0) is 20.1.